The van der Waals surface area contributed by atoms with E-state index in [0.29, 0.717) is 36.0 Å². The van der Waals surface area contributed by atoms with Crippen molar-refractivity contribution in [2.75, 3.05) is 0 Å². The molecule has 5 aliphatic rings. The maximum atomic E-state index is 13.1. The van der Waals surface area contributed by atoms with E-state index < -0.39 is 5.41 Å². The SMILES string of the molecule is CC(=O)OC1CCC2(C)C(CCC3(C)C4CCC5(C=O)CC(=O)C(C(C)C)=C5C4CCC32)C1C. The second-order valence-electron chi connectivity index (χ2n) is 13.4. The third kappa shape index (κ3) is 3.18. The van der Waals surface area contributed by atoms with Crippen molar-refractivity contribution in [3.63, 3.8) is 0 Å². The number of hydrogen-bond acceptors (Lipinski definition) is 4. The highest BCUT2D eigenvalue weighted by Gasteiger charge is 2.65. The molecule has 0 bridgehead atoms. The zero-order valence-corrected chi connectivity index (χ0v) is 22.1. The quantitative estimate of drug-likeness (QED) is 0.359. The molecule has 5 aliphatic carbocycles. The van der Waals surface area contributed by atoms with E-state index in [1.54, 1.807) is 0 Å². The van der Waals surface area contributed by atoms with Crippen molar-refractivity contribution in [1.82, 2.24) is 0 Å². The summed E-state index contributed by atoms with van der Waals surface area (Å²) >= 11 is 0. The molecule has 0 aliphatic heterocycles. The molecule has 9 atom stereocenters. The van der Waals surface area contributed by atoms with Gasteiger partial charge in [0.15, 0.2) is 5.78 Å². The molecule has 34 heavy (non-hydrogen) atoms. The van der Waals surface area contributed by atoms with Gasteiger partial charge in [0.1, 0.15) is 12.4 Å². The van der Waals surface area contributed by atoms with Gasteiger partial charge in [0.2, 0.25) is 0 Å². The van der Waals surface area contributed by atoms with E-state index in [2.05, 4.69) is 34.6 Å². The van der Waals surface area contributed by atoms with Crippen molar-refractivity contribution < 1.29 is 19.1 Å². The molecule has 4 fully saturated rings. The maximum Gasteiger partial charge on any atom is 0.302 e. The summed E-state index contributed by atoms with van der Waals surface area (Å²) in [6.07, 6.45) is 10.4. The van der Waals surface area contributed by atoms with Crippen LogP contribution in [0.4, 0.5) is 0 Å². The highest BCUT2D eigenvalue weighted by Crippen LogP contribution is 2.71. The molecule has 0 N–H and O–H groups in total. The minimum Gasteiger partial charge on any atom is -0.462 e. The first-order valence-corrected chi connectivity index (χ1v) is 13.9. The van der Waals surface area contributed by atoms with E-state index in [4.69, 9.17) is 4.74 Å². The number of aldehydes is 1. The number of Topliss-reactive ketones (excluding diaryl/α,β-unsaturated/α-hetero) is 1. The number of allylic oxidation sites excluding steroid dienone is 2. The van der Waals surface area contributed by atoms with E-state index in [1.165, 1.54) is 31.8 Å². The highest BCUT2D eigenvalue weighted by atomic mass is 16.5. The molecule has 0 aromatic heterocycles. The van der Waals surface area contributed by atoms with Gasteiger partial charge in [-0.3, -0.25) is 9.59 Å². The molecule has 0 aromatic carbocycles. The number of fused-ring (bicyclic) bond motifs is 7. The number of esters is 1. The minimum atomic E-state index is -0.515. The normalized spacial score (nSPS) is 48.0. The number of ketones is 1. The third-order valence-corrected chi connectivity index (χ3v) is 11.7. The van der Waals surface area contributed by atoms with Crippen LogP contribution in [-0.2, 0) is 19.1 Å². The fourth-order valence-corrected chi connectivity index (χ4v) is 10.4. The van der Waals surface area contributed by atoms with Gasteiger partial charge in [-0.05, 0) is 109 Å². The van der Waals surface area contributed by atoms with Crippen LogP contribution in [0.15, 0.2) is 11.1 Å². The monoisotopic (exact) mass is 468 g/mol. The van der Waals surface area contributed by atoms with Crippen molar-refractivity contribution >= 4 is 18.0 Å². The van der Waals surface area contributed by atoms with E-state index in [1.807, 2.05) is 0 Å². The summed E-state index contributed by atoms with van der Waals surface area (Å²) in [6.45, 7) is 13.2. The van der Waals surface area contributed by atoms with Crippen LogP contribution in [0.25, 0.3) is 0 Å². The molecule has 0 saturated heterocycles. The number of carbonyl (C=O) groups is 3. The molecule has 0 heterocycles. The molecule has 9 unspecified atom stereocenters. The summed E-state index contributed by atoms with van der Waals surface area (Å²) < 4.78 is 5.75. The molecule has 0 amide bonds. The molecule has 0 spiro atoms. The molecule has 188 valence electrons. The molecule has 5 rings (SSSR count). The van der Waals surface area contributed by atoms with Gasteiger partial charge in [-0.25, -0.2) is 0 Å². The average molecular weight is 469 g/mol. The standard InChI is InChI=1S/C30H44O4/c1-17(2)26-23(33)15-30(16-31)14-10-22-20(27(26)30)7-8-25-28(5)13-11-24(34-19(4)32)18(3)21(28)9-12-29(22,25)6/h16-18,20-22,24-25H,7-15H2,1-6H3. The Morgan fingerprint density at radius 2 is 1.65 bits per heavy atom. The summed E-state index contributed by atoms with van der Waals surface area (Å²) in [5, 5.41) is 0. The summed E-state index contributed by atoms with van der Waals surface area (Å²) in [4.78, 5) is 37.3. The van der Waals surface area contributed by atoms with Gasteiger partial charge >= 0.3 is 5.97 Å². The van der Waals surface area contributed by atoms with Gasteiger partial charge in [0.05, 0.1) is 5.41 Å². The topological polar surface area (TPSA) is 60.4 Å². The van der Waals surface area contributed by atoms with Crippen molar-refractivity contribution in [2.45, 2.75) is 105 Å². The summed E-state index contributed by atoms with van der Waals surface area (Å²) in [5.74, 6) is 2.88. The molecule has 0 aromatic rings. The van der Waals surface area contributed by atoms with Crippen molar-refractivity contribution in [3.05, 3.63) is 11.1 Å². The Morgan fingerprint density at radius 3 is 2.29 bits per heavy atom. The number of ether oxygens (including phenoxy) is 1. The molecule has 4 nitrogen and oxygen atoms in total. The fraction of sp³-hybridized carbons (Fsp3) is 0.833. The van der Waals surface area contributed by atoms with Crippen LogP contribution in [0.1, 0.15) is 99.3 Å². The van der Waals surface area contributed by atoms with E-state index >= 15 is 0 Å². The highest BCUT2D eigenvalue weighted by molar-refractivity contribution is 6.03. The Morgan fingerprint density at radius 1 is 1.00 bits per heavy atom. The Balaban J connectivity index is 1.49. The number of carbonyl (C=O) groups excluding carboxylic acids is 3. The Hall–Kier alpha value is -1.45. The first-order valence-electron chi connectivity index (χ1n) is 13.9. The Labute approximate surface area is 205 Å². The first kappa shape index (κ1) is 24.3. The van der Waals surface area contributed by atoms with Crippen LogP contribution in [0.2, 0.25) is 0 Å². The third-order valence-electron chi connectivity index (χ3n) is 11.7. The Bertz CT molecular complexity index is 932. The van der Waals surface area contributed by atoms with Crippen molar-refractivity contribution in [2.24, 2.45) is 51.8 Å². The number of hydrogen-bond donors (Lipinski definition) is 0. The smallest absolute Gasteiger partial charge is 0.302 e. The van der Waals surface area contributed by atoms with Crippen LogP contribution in [0, 0.1) is 51.8 Å². The summed E-state index contributed by atoms with van der Waals surface area (Å²) in [6, 6.07) is 0. The van der Waals surface area contributed by atoms with E-state index in [0.717, 1.165) is 44.0 Å². The lowest BCUT2D eigenvalue weighted by atomic mass is 9.38. The van der Waals surface area contributed by atoms with Crippen LogP contribution in [-0.4, -0.2) is 24.1 Å². The van der Waals surface area contributed by atoms with Crippen LogP contribution in [0.5, 0.6) is 0 Å². The van der Waals surface area contributed by atoms with Gasteiger partial charge in [-0.2, -0.15) is 0 Å². The first-order chi connectivity index (χ1) is 16.0. The predicted octanol–water partition coefficient (Wildman–Crippen LogP) is 6.32. The zero-order valence-electron chi connectivity index (χ0n) is 22.1. The summed E-state index contributed by atoms with van der Waals surface area (Å²) in [5.41, 5.74) is 2.27. The van der Waals surface area contributed by atoms with Gasteiger partial charge < -0.3 is 9.53 Å². The van der Waals surface area contributed by atoms with Crippen LogP contribution >= 0.6 is 0 Å². The van der Waals surface area contributed by atoms with E-state index in [9.17, 15) is 14.4 Å². The molecule has 0 radical (unpaired) electrons. The van der Waals surface area contributed by atoms with Crippen molar-refractivity contribution in [3.8, 4) is 0 Å². The molecular weight excluding hydrogens is 424 g/mol. The van der Waals surface area contributed by atoms with Gasteiger partial charge in [-0.15, -0.1) is 0 Å². The lowest BCUT2D eigenvalue weighted by molar-refractivity contribution is -0.189. The molecule has 4 heteroatoms. The second-order valence-corrected chi connectivity index (χ2v) is 13.4. The van der Waals surface area contributed by atoms with E-state index in [-0.39, 0.29) is 34.6 Å². The molecule has 4 saturated carbocycles. The van der Waals surface area contributed by atoms with Gasteiger partial charge in [-0.1, -0.05) is 34.6 Å². The van der Waals surface area contributed by atoms with Gasteiger partial charge in [0, 0.05) is 13.3 Å². The molecular formula is C30H44O4. The van der Waals surface area contributed by atoms with Crippen LogP contribution in [0.3, 0.4) is 0 Å². The largest absolute Gasteiger partial charge is 0.462 e. The maximum absolute atomic E-state index is 13.1. The minimum absolute atomic E-state index is 0.0578. The fourth-order valence-electron chi connectivity index (χ4n) is 10.4. The van der Waals surface area contributed by atoms with Crippen LogP contribution < -0.4 is 0 Å². The lowest BCUT2D eigenvalue weighted by Crippen LogP contribution is -2.60. The van der Waals surface area contributed by atoms with Crippen molar-refractivity contribution in [1.29, 1.82) is 0 Å². The summed E-state index contributed by atoms with van der Waals surface area (Å²) in [7, 11) is 0. The second kappa shape index (κ2) is 8.03. The van der Waals surface area contributed by atoms with Gasteiger partial charge in [0.25, 0.3) is 0 Å². The predicted molar refractivity (Wildman–Crippen MR) is 132 cm³/mol. The number of rotatable bonds is 3. The lowest BCUT2D eigenvalue weighted by Gasteiger charge is -2.67. The average Bonchev–Trinajstić information content (AvgIpc) is 3.08. The Kier molecular flexibility index (Phi) is 5.73. The zero-order chi connectivity index (χ0) is 24.6.